The first-order valence-corrected chi connectivity index (χ1v) is 5.70. The first-order chi connectivity index (χ1) is 6.15. The second-order valence-electron chi connectivity index (χ2n) is 2.84. The molecule has 70 valence electrons. The highest BCUT2D eigenvalue weighted by Gasteiger charge is 2.08. The molecule has 3 heteroatoms. The molecule has 0 heterocycles. The maximum atomic E-state index is 11.5. The Kier molecular flexibility index (Phi) is 3.82. The molecule has 0 saturated heterocycles. The average molecular weight is 215 g/mol. The Balaban J connectivity index is 2.95. The molecule has 1 nitrogen and oxygen atoms in total. The lowest BCUT2D eigenvalue weighted by Crippen LogP contribution is -2.02. The van der Waals surface area contributed by atoms with E-state index in [1.165, 1.54) is 11.8 Å². The highest BCUT2D eigenvalue weighted by Crippen LogP contribution is 2.18. The second kappa shape index (κ2) is 4.68. The third-order valence-electron chi connectivity index (χ3n) is 1.70. The molecule has 0 saturated carbocycles. The summed E-state index contributed by atoms with van der Waals surface area (Å²) in [7, 11) is 0. The zero-order valence-corrected chi connectivity index (χ0v) is 9.21. The minimum absolute atomic E-state index is 0.0949. The molecule has 0 radical (unpaired) electrons. The fraction of sp³-hybridized carbons (Fsp3) is 0.300. The van der Waals surface area contributed by atoms with Crippen molar-refractivity contribution in [3.63, 3.8) is 0 Å². The van der Waals surface area contributed by atoms with Crippen LogP contribution in [-0.4, -0.2) is 17.8 Å². The fourth-order valence-electron chi connectivity index (χ4n) is 1.06. The predicted molar refractivity (Wildman–Crippen MR) is 58.9 cm³/mol. The monoisotopic (exact) mass is 214 g/mol. The number of Topliss-reactive ketones (excluding diaryl/α,β-unsaturated/α-hetero) is 1. The number of hydrogen-bond donors (Lipinski definition) is 0. The molecule has 0 aliphatic carbocycles. The van der Waals surface area contributed by atoms with E-state index in [2.05, 4.69) is 0 Å². The van der Waals surface area contributed by atoms with Gasteiger partial charge in [-0.25, -0.2) is 0 Å². The van der Waals surface area contributed by atoms with Gasteiger partial charge < -0.3 is 0 Å². The van der Waals surface area contributed by atoms with E-state index >= 15 is 0 Å². The van der Waals surface area contributed by atoms with Crippen LogP contribution in [0.1, 0.15) is 15.9 Å². The van der Waals surface area contributed by atoms with E-state index in [4.69, 9.17) is 11.6 Å². The van der Waals surface area contributed by atoms with E-state index < -0.39 is 0 Å². The highest BCUT2D eigenvalue weighted by atomic mass is 35.5. The largest absolute Gasteiger partial charge is 0.293 e. The molecule has 0 amide bonds. The van der Waals surface area contributed by atoms with Crippen molar-refractivity contribution < 1.29 is 4.79 Å². The maximum absolute atomic E-state index is 11.5. The molecule has 1 aromatic rings. The number of carbonyl (C=O) groups is 1. The zero-order valence-electron chi connectivity index (χ0n) is 7.63. The molecule has 1 aromatic carbocycles. The lowest BCUT2D eigenvalue weighted by molar-refractivity contribution is 0.102. The zero-order chi connectivity index (χ0) is 9.84. The molecule has 0 atom stereocenters. The number of carbonyl (C=O) groups excluding carboxylic acids is 1. The summed E-state index contributed by atoms with van der Waals surface area (Å²) >= 11 is 7.44. The highest BCUT2D eigenvalue weighted by molar-refractivity contribution is 7.99. The molecule has 13 heavy (non-hydrogen) atoms. The number of aryl methyl sites for hydroxylation is 1. The normalized spacial score (nSPS) is 10.1. The van der Waals surface area contributed by atoms with Crippen molar-refractivity contribution >= 4 is 29.1 Å². The first kappa shape index (κ1) is 10.6. The Morgan fingerprint density at radius 3 is 2.77 bits per heavy atom. The van der Waals surface area contributed by atoms with E-state index in [-0.39, 0.29) is 5.78 Å². The van der Waals surface area contributed by atoms with Gasteiger partial charge in [-0.3, -0.25) is 4.79 Å². The van der Waals surface area contributed by atoms with E-state index in [0.717, 1.165) is 5.56 Å². The molecule has 0 aliphatic rings. The number of hydrogen-bond acceptors (Lipinski definition) is 2. The van der Waals surface area contributed by atoms with Crippen LogP contribution in [0.2, 0.25) is 5.02 Å². The summed E-state index contributed by atoms with van der Waals surface area (Å²) in [4.78, 5) is 11.5. The van der Waals surface area contributed by atoms with Gasteiger partial charge in [0.15, 0.2) is 5.78 Å². The maximum Gasteiger partial charge on any atom is 0.174 e. The lowest BCUT2D eigenvalue weighted by atomic mass is 10.1. The lowest BCUT2D eigenvalue weighted by Gasteiger charge is -2.02. The Bertz CT molecular complexity index is 323. The predicted octanol–water partition coefficient (Wildman–Crippen LogP) is 3.19. The van der Waals surface area contributed by atoms with Gasteiger partial charge in [-0.1, -0.05) is 17.7 Å². The van der Waals surface area contributed by atoms with Crippen LogP contribution >= 0.6 is 23.4 Å². The van der Waals surface area contributed by atoms with Gasteiger partial charge in [-0.05, 0) is 30.9 Å². The molecule has 0 N–H and O–H groups in total. The van der Waals surface area contributed by atoms with Crippen LogP contribution in [0.25, 0.3) is 0 Å². The van der Waals surface area contributed by atoms with Crippen LogP contribution in [-0.2, 0) is 0 Å². The minimum atomic E-state index is 0.0949. The molecule has 0 bridgehead atoms. The molecule has 0 spiro atoms. The summed E-state index contributed by atoms with van der Waals surface area (Å²) in [5.41, 5.74) is 1.70. The van der Waals surface area contributed by atoms with Crippen molar-refractivity contribution in [3.8, 4) is 0 Å². The Labute approximate surface area is 87.5 Å². The third kappa shape index (κ3) is 2.75. The van der Waals surface area contributed by atoms with E-state index in [1.807, 2.05) is 25.3 Å². The smallest absolute Gasteiger partial charge is 0.174 e. The molecule has 0 unspecified atom stereocenters. The van der Waals surface area contributed by atoms with Gasteiger partial charge in [0.1, 0.15) is 0 Å². The van der Waals surface area contributed by atoms with Crippen LogP contribution in [0.3, 0.4) is 0 Å². The minimum Gasteiger partial charge on any atom is -0.293 e. The van der Waals surface area contributed by atoms with Gasteiger partial charge in [0.2, 0.25) is 0 Å². The van der Waals surface area contributed by atoms with Crippen LogP contribution < -0.4 is 0 Å². The van der Waals surface area contributed by atoms with Crippen LogP contribution in [0.15, 0.2) is 18.2 Å². The van der Waals surface area contributed by atoms with Gasteiger partial charge >= 0.3 is 0 Å². The molecule has 1 rings (SSSR count). The number of ketones is 1. The summed E-state index contributed by atoms with van der Waals surface area (Å²) < 4.78 is 0. The summed E-state index contributed by atoms with van der Waals surface area (Å²) in [5.74, 6) is 0.584. The molecular formula is C10H11ClOS. The molecule has 0 aliphatic heterocycles. The molecule has 0 aromatic heterocycles. The molecular weight excluding hydrogens is 204 g/mol. The van der Waals surface area contributed by atoms with Gasteiger partial charge in [0.05, 0.1) is 10.8 Å². The van der Waals surface area contributed by atoms with Crippen LogP contribution in [0.4, 0.5) is 0 Å². The second-order valence-corrected chi connectivity index (χ2v) is 4.11. The van der Waals surface area contributed by atoms with Crippen LogP contribution in [0, 0.1) is 6.92 Å². The quantitative estimate of drug-likeness (QED) is 0.719. The van der Waals surface area contributed by atoms with Crippen molar-refractivity contribution in [2.24, 2.45) is 0 Å². The van der Waals surface area contributed by atoms with E-state index in [9.17, 15) is 4.79 Å². The Morgan fingerprint density at radius 2 is 2.23 bits per heavy atom. The van der Waals surface area contributed by atoms with Crippen LogP contribution in [0.5, 0.6) is 0 Å². The van der Waals surface area contributed by atoms with Gasteiger partial charge in [-0.15, -0.1) is 0 Å². The summed E-state index contributed by atoms with van der Waals surface area (Å²) in [5, 5.41) is 0.555. The number of thioether (sulfide) groups is 1. The van der Waals surface area contributed by atoms with Crippen molar-refractivity contribution in [1.29, 1.82) is 0 Å². The summed E-state index contributed by atoms with van der Waals surface area (Å²) in [6.45, 7) is 1.95. The van der Waals surface area contributed by atoms with Crippen molar-refractivity contribution in [2.75, 3.05) is 12.0 Å². The van der Waals surface area contributed by atoms with Gasteiger partial charge in [-0.2, -0.15) is 11.8 Å². The van der Waals surface area contributed by atoms with Gasteiger partial charge in [0, 0.05) is 5.56 Å². The van der Waals surface area contributed by atoms with Crippen molar-refractivity contribution in [2.45, 2.75) is 6.92 Å². The number of halogens is 1. The number of benzene rings is 1. The Hall–Kier alpha value is -0.470. The van der Waals surface area contributed by atoms with E-state index in [0.29, 0.717) is 16.3 Å². The molecule has 0 fully saturated rings. The third-order valence-corrected chi connectivity index (χ3v) is 2.56. The SMILES string of the molecule is CSCC(=O)c1ccc(C)cc1Cl. The van der Waals surface area contributed by atoms with E-state index in [1.54, 1.807) is 6.07 Å². The van der Waals surface area contributed by atoms with Crippen molar-refractivity contribution in [3.05, 3.63) is 34.3 Å². The standard InChI is InChI=1S/C10H11ClOS/c1-7-3-4-8(9(11)5-7)10(12)6-13-2/h3-5H,6H2,1-2H3. The average Bonchev–Trinajstić information content (AvgIpc) is 2.04. The summed E-state index contributed by atoms with van der Waals surface area (Å²) in [6.07, 6.45) is 1.90. The van der Waals surface area contributed by atoms with Gasteiger partial charge in [0.25, 0.3) is 0 Å². The Morgan fingerprint density at radius 1 is 1.54 bits per heavy atom. The first-order valence-electron chi connectivity index (χ1n) is 3.93. The fourth-order valence-corrected chi connectivity index (χ4v) is 1.81. The topological polar surface area (TPSA) is 17.1 Å². The number of rotatable bonds is 3. The van der Waals surface area contributed by atoms with Crippen molar-refractivity contribution in [1.82, 2.24) is 0 Å². The summed E-state index contributed by atoms with van der Waals surface area (Å²) in [6, 6.07) is 5.50.